The zero-order valence-electron chi connectivity index (χ0n) is 17.7. The fourth-order valence-corrected chi connectivity index (χ4v) is 5.15. The number of rotatable bonds is 4. The van der Waals surface area contributed by atoms with Crippen LogP contribution >= 0.6 is 0 Å². The van der Waals surface area contributed by atoms with Gasteiger partial charge in [-0.05, 0) is 36.5 Å². The van der Waals surface area contributed by atoms with Gasteiger partial charge in [0.2, 0.25) is 5.95 Å². The van der Waals surface area contributed by atoms with Crippen molar-refractivity contribution in [1.29, 1.82) is 0 Å². The van der Waals surface area contributed by atoms with Crippen LogP contribution in [0.5, 0.6) is 0 Å². The van der Waals surface area contributed by atoms with E-state index in [1.807, 2.05) is 17.0 Å². The number of Topliss-reactive ketones (excluding diaryl/α,β-unsaturated/α-hetero) is 1. The molecule has 0 radical (unpaired) electrons. The third-order valence-corrected chi connectivity index (χ3v) is 6.85. The van der Waals surface area contributed by atoms with Crippen molar-refractivity contribution in [2.75, 3.05) is 37.6 Å². The minimum absolute atomic E-state index is 0.0590. The largest absolute Gasteiger partial charge is 0.419 e. The first-order valence-electron chi connectivity index (χ1n) is 11.1. The molecule has 32 heavy (non-hydrogen) atoms. The van der Waals surface area contributed by atoms with Crippen molar-refractivity contribution >= 4 is 17.4 Å². The van der Waals surface area contributed by atoms with E-state index in [-0.39, 0.29) is 11.9 Å². The van der Waals surface area contributed by atoms with Crippen molar-refractivity contribution in [2.24, 2.45) is 5.92 Å². The van der Waals surface area contributed by atoms with Crippen molar-refractivity contribution in [1.82, 2.24) is 20.2 Å². The van der Waals surface area contributed by atoms with E-state index in [4.69, 9.17) is 0 Å². The summed E-state index contributed by atoms with van der Waals surface area (Å²) in [6.45, 7) is 4.60. The first kappa shape index (κ1) is 21.3. The number of benzene rings is 1. The van der Waals surface area contributed by atoms with Crippen molar-refractivity contribution in [2.45, 2.75) is 37.9 Å². The number of carbonyl (C=O) groups excluding carboxylic acids is 1. The smallest absolute Gasteiger partial charge is 0.314 e. The van der Waals surface area contributed by atoms with Crippen LogP contribution in [0.15, 0.2) is 30.6 Å². The van der Waals surface area contributed by atoms with Gasteiger partial charge in [-0.3, -0.25) is 9.69 Å². The molecule has 2 unspecified atom stereocenters. The number of fused-ring (bicyclic) bond motifs is 1. The zero-order chi connectivity index (χ0) is 22.3. The second-order valence-corrected chi connectivity index (χ2v) is 8.88. The van der Waals surface area contributed by atoms with E-state index in [0.29, 0.717) is 24.8 Å². The minimum atomic E-state index is -4.45. The number of hydrogen-bond donors (Lipinski definition) is 1. The first-order valence-corrected chi connectivity index (χ1v) is 11.1. The summed E-state index contributed by atoms with van der Waals surface area (Å²) < 4.78 is 38.3. The summed E-state index contributed by atoms with van der Waals surface area (Å²) in [5.74, 6) is 0.687. The maximum atomic E-state index is 12.8. The number of hydrogen-bond acceptors (Lipinski definition) is 6. The summed E-state index contributed by atoms with van der Waals surface area (Å²) in [5, 5.41) is 3.36. The molecule has 0 spiro atoms. The Hall–Kier alpha value is -2.52. The number of ketones is 1. The van der Waals surface area contributed by atoms with Crippen LogP contribution in [0.1, 0.15) is 29.5 Å². The maximum Gasteiger partial charge on any atom is 0.419 e. The molecule has 1 saturated heterocycles. The fourth-order valence-electron chi connectivity index (χ4n) is 5.15. The summed E-state index contributed by atoms with van der Waals surface area (Å²) in [7, 11) is 0. The van der Waals surface area contributed by atoms with Gasteiger partial charge in [0.1, 0.15) is 5.78 Å². The van der Waals surface area contributed by atoms with E-state index in [9.17, 15) is 18.0 Å². The highest BCUT2D eigenvalue weighted by Gasteiger charge is 2.36. The molecule has 1 aromatic heterocycles. The molecular weight excluding hydrogens is 419 g/mol. The van der Waals surface area contributed by atoms with Gasteiger partial charge in [0.25, 0.3) is 0 Å². The Morgan fingerprint density at radius 3 is 2.56 bits per heavy atom. The van der Waals surface area contributed by atoms with E-state index in [2.05, 4.69) is 26.3 Å². The Balaban J connectivity index is 1.26. The lowest BCUT2D eigenvalue weighted by Crippen LogP contribution is -2.47. The van der Waals surface area contributed by atoms with Gasteiger partial charge >= 0.3 is 6.18 Å². The van der Waals surface area contributed by atoms with Gasteiger partial charge in [0.05, 0.1) is 5.56 Å². The van der Waals surface area contributed by atoms with Crippen molar-refractivity contribution in [3.05, 3.63) is 47.3 Å². The molecule has 170 valence electrons. The van der Waals surface area contributed by atoms with Gasteiger partial charge in [-0.15, -0.1) is 0 Å². The predicted octanol–water partition coefficient (Wildman–Crippen LogP) is 2.99. The van der Waals surface area contributed by atoms with Crippen molar-refractivity contribution in [3.63, 3.8) is 0 Å². The summed E-state index contributed by atoms with van der Waals surface area (Å²) >= 11 is 0. The summed E-state index contributed by atoms with van der Waals surface area (Å²) in [6.07, 6.45) is 0.291. The average molecular weight is 445 g/mol. The summed E-state index contributed by atoms with van der Waals surface area (Å²) in [6, 6.07) is 6.49. The summed E-state index contributed by atoms with van der Waals surface area (Å²) in [4.78, 5) is 24.8. The number of nitrogens with zero attached hydrogens (tertiary/aromatic N) is 4. The van der Waals surface area contributed by atoms with E-state index >= 15 is 0 Å². The van der Waals surface area contributed by atoms with Crippen LogP contribution in [0, 0.1) is 5.92 Å². The second-order valence-electron chi connectivity index (χ2n) is 8.88. The molecule has 3 aliphatic rings. The monoisotopic (exact) mass is 445 g/mol. The summed E-state index contributed by atoms with van der Waals surface area (Å²) in [5.41, 5.74) is 2.33. The highest BCUT2D eigenvalue weighted by Crippen LogP contribution is 2.36. The second kappa shape index (κ2) is 8.44. The molecule has 1 saturated carbocycles. The molecule has 9 heteroatoms. The lowest BCUT2D eigenvalue weighted by atomic mass is 9.95. The molecule has 2 aromatic rings. The first-order chi connectivity index (χ1) is 15.4. The van der Waals surface area contributed by atoms with E-state index < -0.39 is 11.7 Å². The fraction of sp³-hybridized carbons (Fsp3) is 0.522. The average Bonchev–Trinajstić information content (AvgIpc) is 3.37. The van der Waals surface area contributed by atoms with E-state index in [1.54, 1.807) is 0 Å². The molecular formula is C23H26F3N5O. The normalized spacial score (nSPS) is 24.2. The third kappa shape index (κ3) is 4.23. The highest BCUT2D eigenvalue weighted by molar-refractivity contribution is 5.84. The van der Waals surface area contributed by atoms with Gasteiger partial charge in [-0.25, -0.2) is 9.97 Å². The quantitative estimate of drug-likeness (QED) is 0.781. The number of anilines is 2. The van der Waals surface area contributed by atoms with Crippen LogP contribution in [0.2, 0.25) is 0 Å². The molecule has 0 amide bonds. The van der Waals surface area contributed by atoms with Crippen molar-refractivity contribution < 1.29 is 18.0 Å². The van der Waals surface area contributed by atoms with Crippen LogP contribution < -0.4 is 10.2 Å². The molecule has 2 aliphatic heterocycles. The molecule has 3 heterocycles. The molecule has 0 bridgehead atoms. The van der Waals surface area contributed by atoms with Crippen LogP contribution in [0.25, 0.3) is 0 Å². The molecule has 5 rings (SSSR count). The molecule has 2 fully saturated rings. The molecule has 1 N–H and O–H groups in total. The molecule has 1 aliphatic carbocycles. The number of nitrogens with one attached hydrogen (secondary N) is 1. The van der Waals surface area contributed by atoms with Crippen LogP contribution in [-0.4, -0.2) is 59.4 Å². The standard InChI is InChI=1S/C23H26F3N5O/c24-23(25,26)18-13-28-22(29-14-18)31-6-3-16-9-15(1-2-20(16)31)10-17-11-19(12-21(17)32)30-7-4-27-5-8-30/h1-2,9,13-14,17,19,27H,3-8,10-12H2. The third-order valence-electron chi connectivity index (χ3n) is 6.85. The number of piperazine rings is 1. The number of halogens is 3. The lowest BCUT2D eigenvalue weighted by Gasteiger charge is -2.32. The topological polar surface area (TPSA) is 61.4 Å². The van der Waals surface area contributed by atoms with Gasteiger partial charge < -0.3 is 10.2 Å². The zero-order valence-corrected chi connectivity index (χ0v) is 17.7. The Labute approximate surface area is 184 Å². The Morgan fingerprint density at radius 2 is 1.84 bits per heavy atom. The number of aromatic nitrogens is 2. The molecule has 1 aromatic carbocycles. The SMILES string of the molecule is O=C1CC(N2CCNCC2)CC1Cc1ccc2c(c1)CCN2c1ncc(C(F)(F)F)cn1. The Bertz CT molecular complexity index is 988. The minimum Gasteiger partial charge on any atom is -0.314 e. The maximum absolute atomic E-state index is 12.8. The Kier molecular flexibility index (Phi) is 5.63. The van der Waals surface area contributed by atoms with E-state index in [1.165, 1.54) is 0 Å². The van der Waals surface area contributed by atoms with Crippen LogP contribution in [0.3, 0.4) is 0 Å². The van der Waals surface area contributed by atoms with E-state index in [0.717, 1.165) is 74.6 Å². The van der Waals surface area contributed by atoms with Gasteiger partial charge in [-0.2, -0.15) is 13.2 Å². The van der Waals surface area contributed by atoms with Crippen molar-refractivity contribution in [3.8, 4) is 0 Å². The Morgan fingerprint density at radius 1 is 1.09 bits per heavy atom. The number of carbonyl (C=O) groups is 1. The number of alkyl halides is 3. The van der Waals surface area contributed by atoms with Gasteiger partial charge in [0.15, 0.2) is 0 Å². The predicted molar refractivity (Wildman–Crippen MR) is 114 cm³/mol. The molecule has 6 nitrogen and oxygen atoms in total. The van der Waals surface area contributed by atoms with Crippen LogP contribution in [-0.2, 0) is 23.8 Å². The lowest BCUT2D eigenvalue weighted by molar-refractivity contribution is -0.138. The van der Waals surface area contributed by atoms with Gasteiger partial charge in [0, 0.05) is 69.2 Å². The van der Waals surface area contributed by atoms with Crippen LogP contribution in [0.4, 0.5) is 24.8 Å². The highest BCUT2D eigenvalue weighted by atomic mass is 19.4. The van der Waals surface area contributed by atoms with Gasteiger partial charge in [-0.1, -0.05) is 12.1 Å². The molecule has 2 atom stereocenters.